The van der Waals surface area contributed by atoms with Crippen LogP contribution in [0, 0.1) is 18.3 Å². The van der Waals surface area contributed by atoms with E-state index in [1.807, 2.05) is 31.5 Å². The van der Waals surface area contributed by atoms with Crippen molar-refractivity contribution in [3.05, 3.63) is 36.4 Å². The summed E-state index contributed by atoms with van der Waals surface area (Å²) >= 11 is 0. The van der Waals surface area contributed by atoms with Gasteiger partial charge < -0.3 is 15.6 Å². The Balaban J connectivity index is 1.38. The lowest BCUT2D eigenvalue weighted by Crippen LogP contribution is -2.47. The summed E-state index contributed by atoms with van der Waals surface area (Å²) in [6.07, 6.45) is 8.88. The molecule has 0 aromatic carbocycles. The number of imidazole rings is 1. The number of hydrogen-bond donors (Lipinski definition) is 3. The zero-order valence-electron chi connectivity index (χ0n) is 17.1. The van der Waals surface area contributed by atoms with Crippen LogP contribution in [0.5, 0.6) is 0 Å². The zero-order chi connectivity index (χ0) is 20.5. The second-order valence-corrected chi connectivity index (χ2v) is 8.27. The van der Waals surface area contributed by atoms with Gasteiger partial charge in [0, 0.05) is 54.9 Å². The van der Waals surface area contributed by atoms with Gasteiger partial charge in [-0.25, -0.2) is 9.97 Å². The van der Waals surface area contributed by atoms with Gasteiger partial charge in [0.25, 0.3) is 0 Å². The molecular formula is C22H26N8. The molecule has 2 aliphatic heterocycles. The maximum Gasteiger partial charge on any atom is 0.149 e. The van der Waals surface area contributed by atoms with E-state index in [0.29, 0.717) is 24.5 Å². The molecule has 30 heavy (non-hydrogen) atoms. The first-order chi connectivity index (χ1) is 14.7. The van der Waals surface area contributed by atoms with Crippen LogP contribution in [0.4, 0.5) is 17.5 Å². The fourth-order valence-corrected chi connectivity index (χ4v) is 4.99. The molecule has 0 aliphatic carbocycles. The van der Waals surface area contributed by atoms with E-state index in [1.54, 1.807) is 0 Å². The second kappa shape index (κ2) is 7.92. The molecule has 0 unspecified atom stereocenters. The second-order valence-electron chi connectivity index (χ2n) is 8.27. The quantitative estimate of drug-likeness (QED) is 0.577. The van der Waals surface area contributed by atoms with Crippen molar-refractivity contribution in [2.45, 2.75) is 57.2 Å². The normalized spacial score (nSPS) is 23.4. The fraction of sp³-hybridized carbons (Fsp3) is 0.455. The lowest BCUT2D eigenvalue weighted by atomic mass is 9.97. The van der Waals surface area contributed by atoms with Crippen molar-refractivity contribution in [1.82, 2.24) is 24.8 Å². The van der Waals surface area contributed by atoms with E-state index < -0.39 is 0 Å². The summed E-state index contributed by atoms with van der Waals surface area (Å²) in [7, 11) is 0. The number of pyridine rings is 2. The molecule has 0 radical (unpaired) electrons. The van der Waals surface area contributed by atoms with Gasteiger partial charge in [0.2, 0.25) is 0 Å². The average Bonchev–Trinajstić information content (AvgIpc) is 3.25. The molecule has 0 saturated carbocycles. The van der Waals surface area contributed by atoms with Gasteiger partial charge in [0.05, 0.1) is 11.6 Å². The van der Waals surface area contributed by atoms with Crippen LogP contribution in [0.25, 0.3) is 10.9 Å². The predicted molar refractivity (Wildman–Crippen MR) is 117 cm³/mol. The topological polar surface area (TPSA) is 106 Å². The standard InChI is InChI=1S/C22H26N8/c1-14-25-13-21(26-14)28-20-12-19-18(4-2-8-24-19)22(29-20)27-15-10-16-5-6-17(11-15)30(16)9-3-7-23/h2,4,8,12-13,15-17H,3,5-6,9-11H2,1H3,(H,25,26)(H2,27,28,29)/t15-,16-,17+. The number of H-pyrrole nitrogens is 1. The largest absolute Gasteiger partial charge is 0.367 e. The number of rotatable bonds is 6. The number of hydrogen-bond acceptors (Lipinski definition) is 7. The lowest BCUT2D eigenvalue weighted by molar-refractivity contribution is 0.136. The third-order valence-corrected chi connectivity index (χ3v) is 6.27. The Kier molecular flexibility index (Phi) is 4.97. The Hall–Kier alpha value is -3.18. The molecule has 5 heterocycles. The molecule has 2 saturated heterocycles. The van der Waals surface area contributed by atoms with Crippen LogP contribution in [-0.2, 0) is 0 Å². The number of anilines is 3. The van der Waals surface area contributed by atoms with Gasteiger partial charge in [-0.15, -0.1) is 0 Å². The molecule has 154 valence electrons. The smallest absolute Gasteiger partial charge is 0.149 e. The number of nitrogens with one attached hydrogen (secondary N) is 3. The first-order valence-electron chi connectivity index (χ1n) is 10.6. The van der Waals surface area contributed by atoms with Crippen LogP contribution in [0.3, 0.4) is 0 Å². The highest BCUT2D eigenvalue weighted by molar-refractivity contribution is 5.91. The SMILES string of the molecule is Cc1nc(Nc2cc3ncccc3c(N[C@@H]3C[C@H]4CC[C@@H](C3)N4CCC#N)n2)c[nH]1. The Morgan fingerprint density at radius 1 is 1.23 bits per heavy atom. The molecule has 5 rings (SSSR count). The summed E-state index contributed by atoms with van der Waals surface area (Å²) < 4.78 is 0. The number of piperidine rings is 1. The van der Waals surface area contributed by atoms with Crippen LogP contribution in [0.15, 0.2) is 30.6 Å². The Bertz CT molecular complexity index is 1070. The molecule has 2 bridgehead atoms. The summed E-state index contributed by atoms with van der Waals surface area (Å²) in [5.74, 6) is 3.19. The maximum absolute atomic E-state index is 8.95. The van der Waals surface area contributed by atoms with Gasteiger partial charge in [-0.05, 0) is 44.7 Å². The van der Waals surface area contributed by atoms with E-state index in [0.717, 1.165) is 53.6 Å². The summed E-state index contributed by atoms with van der Waals surface area (Å²) in [6.45, 7) is 2.82. The fourth-order valence-electron chi connectivity index (χ4n) is 4.99. The van der Waals surface area contributed by atoms with Crippen LogP contribution >= 0.6 is 0 Å². The summed E-state index contributed by atoms with van der Waals surface area (Å²) in [6, 6.07) is 9.77. The van der Waals surface area contributed by atoms with E-state index in [9.17, 15) is 0 Å². The number of nitriles is 1. The zero-order valence-corrected chi connectivity index (χ0v) is 17.1. The van der Waals surface area contributed by atoms with Crippen molar-refractivity contribution in [1.29, 1.82) is 5.26 Å². The van der Waals surface area contributed by atoms with Gasteiger partial charge in [-0.1, -0.05) is 0 Å². The number of nitrogens with zero attached hydrogens (tertiary/aromatic N) is 5. The molecule has 0 amide bonds. The van der Waals surface area contributed by atoms with E-state index in [4.69, 9.17) is 10.2 Å². The maximum atomic E-state index is 8.95. The van der Waals surface area contributed by atoms with Gasteiger partial charge in [0.1, 0.15) is 23.3 Å². The van der Waals surface area contributed by atoms with Crippen LogP contribution in [0.1, 0.15) is 37.9 Å². The van der Waals surface area contributed by atoms with Crippen molar-refractivity contribution < 1.29 is 0 Å². The molecule has 2 aliphatic rings. The van der Waals surface area contributed by atoms with Gasteiger partial charge in [0.15, 0.2) is 0 Å². The molecule has 8 nitrogen and oxygen atoms in total. The van der Waals surface area contributed by atoms with Crippen molar-refractivity contribution in [3.63, 3.8) is 0 Å². The third kappa shape index (κ3) is 3.68. The predicted octanol–water partition coefficient (Wildman–Crippen LogP) is 3.73. The van der Waals surface area contributed by atoms with Crippen LogP contribution in [0.2, 0.25) is 0 Å². The minimum absolute atomic E-state index is 0.375. The van der Waals surface area contributed by atoms with Crippen molar-refractivity contribution >= 4 is 28.4 Å². The van der Waals surface area contributed by atoms with Gasteiger partial charge in [-0.2, -0.15) is 5.26 Å². The Labute approximate surface area is 175 Å². The molecule has 3 N–H and O–H groups in total. The lowest BCUT2D eigenvalue weighted by Gasteiger charge is -2.39. The minimum atomic E-state index is 0.375. The molecular weight excluding hydrogens is 376 g/mol. The monoisotopic (exact) mass is 402 g/mol. The first kappa shape index (κ1) is 18.8. The van der Waals surface area contributed by atoms with Crippen molar-refractivity contribution in [2.75, 3.05) is 17.2 Å². The van der Waals surface area contributed by atoms with Crippen LogP contribution in [-0.4, -0.2) is 49.5 Å². The van der Waals surface area contributed by atoms with Crippen LogP contribution < -0.4 is 10.6 Å². The van der Waals surface area contributed by atoms with Gasteiger partial charge >= 0.3 is 0 Å². The van der Waals surface area contributed by atoms with Gasteiger partial charge in [-0.3, -0.25) is 9.88 Å². The number of aryl methyl sites for hydroxylation is 1. The molecule has 0 spiro atoms. The first-order valence-corrected chi connectivity index (χ1v) is 10.6. The Morgan fingerprint density at radius 3 is 2.80 bits per heavy atom. The highest BCUT2D eigenvalue weighted by Gasteiger charge is 2.40. The average molecular weight is 403 g/mol. The number of aromatic nitrogens is 4. The molecule has 2 fully saturated rings. The minimum Gasteiger partial charge on any atom is -0.367 e. The van der Waals surface area contributed by atoms with E-state index in [-0.39, 0.29) is 0 Å². The molecule has 3 aromatic heterocycles. The Morgan fingerprint density at radius 2 is 2.07 bits per heavy atom. The summed E-state index contributed by atoms with van der Waals surface area (Å²) in [5.41, 5.74) is 0.902. The van der Waals surface area contributed by atoms with Crippen molar-refractivity contribution in [2.24, 2.45) is 0 Å². The number of aromatic amines is 1. The summed E-state index contributed by atoms with van der Waals surface area (Å²) in [4.78, 5) is 19.5. The van der Waals surface area contributed by atoms with Crippen molar-refractivity contribution in [3.8, 4) is 6.07 Å². The molecule has 3 aromatic rings. The number of fused-ring (bicyclic) bond motifs is 3. The summed E-state index contributed by atoms with van der Waals surface area (Å²) in [5, 5.41) is 17.0. The van der Waals surface area contributed by atoms with E-state index in [1.165, 1.54) is 12.8 Å². The highest BCUT2D eigenvalue weighted by atomic mass is 15.2. The van der Waals surface area contributed by atoms with E-state index in [2.05, 4.69) is 42.6 Å². The third-order valence-electron chi connectivity index (χ3n) is 6.27. The molecule has 3 atom stereocenters. The highest BCUT2D eigenvalue weighted by Crippen LogP contribution is 2.37. The van der Waals surface area contributed by atoms with E-state index >= 15 is 0 Å². The molecule has 8 heteroatoms.